The van der Waals surface area contributed by atoms with Gasteiger partial charge >= 0.3 is 0 Å². The minimum atomic E-state index is -0.393. The van der Waals surface area contributed by atoms with Crippen LogP contribution in [0.2, 0.25) is 5.02 Å². The summed E-state index contributed by atoms with van der Waals surface area (Å²) in [5.41, 5.74) is 2.20. The molecule has 0 saturated heterocycles. The average molecular weight is 357 g/mol. The minimum Gasteiger partial charge on any atom is -0.339 e. The summed E-state index contributed by atoms with van der Waals surface area (Å²) >= 11 is 5.94. The second kappa shape index (κ2) is 7.27. The lowest BCUT2D eigenvalue weighted by Gasteiger charge is -2.09. The fraction of sp³-hybridized carbons (Fsp3) is 0.0556. The number of aromatic nitrogens is 2. The van der Waals surface area contributed by atoms with E-state index in [9.17, 15) is 9.18 Å². The Hall–Kier alpha value is -2.99. The van der Waals surface area contributed by atoms with Crippen molar-refractivity contribution in [3.05, 3.63) is 77.0 Å². The van der Waals surface area contributed by atoms with Crippen LogP contribution in [0.15, 0.2) is 54.9 Å². The average Bonchev–Trinajstić information content (AvgIpc) is 2.59. The summed E-state index contributed by atoms with van der Waals surface area (Å²) in [6.45, 7) is 1.86. The lowest BCUT2D eigenvalue weighted by molar-refractivity contribution is 0.102. The summed E-state index contributed by atoms with van der Waals surface area (Å²) in [4.78, 5) is 20.5. The number of nitrogens with one attached hydrogen (secondary N) is 2. The molecule has 0 aliphatic carbocycles. The molecule has 0 saturated carbocycles. The highest BCUT2D eigenvalue weighted by molar-refractivity contribution is 6.31. The molecular formula is C18H14ClFN4O. The molecule has 5 nitrogen and oxygen atoms in total. The Bertz CT molecular complexity index is 915. The minimum absolute atomic E-state index is 0.157. The Morgan fingerprint density at radius 2 is 1.96 bits per heavy atom. The van der Waals surface area contributed by atoms with E-state index in [0.29, 0.717) is 22.2 Å². The molecular weight excluding hydrogens is 343 g/mol. The van der Waals surface area contributed by atoms with Gasteiger partial charge in [0, 0.05) is 16.4 Å². The maximum atomic E-state index is 13.2. The van der Waals surface area contributed by atoms with Gasteiger partial charge in [0.15, 0.2) is 0 Å². The van der Waals surface area contributed by atoms with Gasteiger partial charge in [-0.05, 0) is 42.8 Å². The van der Waals surface area contributed by atoms with E-state index in [2.05, 4.69) is 20.6 Å². The van der Waals surface area contributed by atoms with E-state index in [-0.39, 0.29) is 11.5 Å². The third-order valence-electron chi connectivity index (χ3n) is 3.43. The van der Waals surface area contributed by atoms with Crippen LogP contribution in [-0.4, -0.2) is 15.9 Å². The molecule has 3 rings (SSSR count). The van der Waals surface area contributed by atoms with Crippen LogP contribution in [0.4, 0.5) is 21.6 Å². The normalized spacial score (nSPS) is 10.4. The number of hydrogen-bond donors (Lipinski definition) is 2. The number of hydrogen-bond acceptors (Lipinski definition) is 4. The largest absolute Gasteiger partial charge is 0.339 e. The SMILES string of the molecule is Cc1ccc(Cl)cc1NC(=O)c1cnc(Nc2cccc(F)c2)cn1. The molecule has 0 bridgehead atoms. The zero-order valence-electron chi connectivity index (χ0n) is 13.3. The maximum Gasteiger partial charge on any atom is 0.275 e. The standard InChI is InChI=1S/C18H14ClFN4O/c1-11-5-6-12(19)7-15(11)24-18(25)16-9-22-17(10-21-16)23-14-4-2-3-13(20)8-14/h2-10H,1H3,(H,22,23)(H,24,25). The van der Waals surface area contributed by atoms with Gasteiger partial charge in [0.2, 0.25) is 0 Å². The smallest absolute Gasteiger partial charge is 0.275 e. The van der Waals surface area contributed by atoms with E-state index in [4.69, 9.17) is 11.6 Å². The molecule has 2 N–H and O–H groups in total. The highest BCUT2D eigenvalue weighted by atomic mass is 35.5. The van der Waals surface area contributed by atoms with Gasteiger partial charge in [-0.3, -0.25) is 4.79 Å². The Morgan fingerprint density at radius 1 is 1.12 bits per heavy atom. The molecule has 0 atom stereocenters. The number of aryl methyl sites for hydroxylation is 1. The first-order valence-corrected chi connectivity index (χ1v) is 7.81. The number of carbonyl (C=O) groups excluding carboxylic acids is 1. The summed E-state index contributed by atoms with van der Waals surface area (Å²) in [6, 6.07) is 11.2. The molecule has 3 aromatic rings. The molecule has 0 unspecified atom stereocenters. The molecule has 7 heteroatoms. The van der Waals surface area contributed by atoms with Crippen molar-refractivity contribution in [3.8, 4) is 0 Å². The summed E-state index contributed by atoms with van der Waals surface area (Å²) in [7, 11) is 0. The van der Waals surface area contributed by atoms with Crippen LogP contribution in [0.1, 0.15) is 16.1 Å². The van der Waals surface area contributed by atoms with E-state index >= 15 is 0 Å². The lowest BCUT2D eigenvalue weighted by Crippen LogP contribution is -2.15. The molecule has 2 aromatic carbocycles. The molecule has 0 aliphatic rings. The Kier molecular flexibility index (Phi) is 4.90. The van der Waals surface area contributed by atoms with Crippen molar-refractivity contribution in [2.75, 3.05) is 10.6 Å². The van der Waals surface area contributed by atoms with Crippen molar-refractivity contribution in [1.29, 1.82) is 0 Å². The van der Waals surface area contributed by atoms with Gasteiger partial charge in [-0.15, -0.1) is 0 Å². The number of amides is 1. The Labute approximate surface area is 148 Å². The van der Waals surface area contributed by atoms with Crippen LogP contribution >= 0.6 is 11.6 Å². The zero-order chi connectivity index (χ0) is 17.8. The number of halogens is 2. The molecule has 0 radical (unpaired) electrons. The van der Waals surface area contributed by atoms with E-state index in [0.717, 1.165) is 5.56 Å². The van der Waals surface area contributed by atoms with E-state index in [1.807, 2.05) is 13.0 Å². The van der Waals surface area contributed by atoms with Crippen molar-refractivity contribution in [3.63, 3.8) is 0 Å². The molecule has 0 spiro atoms. The second-order valence-corrected chi connectivity index (χ2v) is 5.77. The monoisotopic (exact) mass is 356 g/mol. The number of carbonyl (C=O) groups is 1. The topological polar surface area (TPSA) is 66.9 Å². The van der Waals surface area contributed by atoms with Crippen LogP contribution in [0.5, 0.6) is 0 Å². The number of rotatable bonds is 4. The van der Waals surface area contributed by atoms with Crippen LogP contribution in [0.3, 0.4) is 0 Å². The molecule has 0 aliphatic heterocycles. The van der Waals surface area contributed by atoms with Crippen molar-refractivity contribution in [2.45, 2.75) is 6.92 Å². The second-order valence-electron chi connectivity index (χ2n) is 5.34. The van der Waals surface area contributed by atoms with Crippen molar-refractivity contribution in [1.82, 2.24) is 9.97 Å². The fourth-order valence-electron chi connectivity index (χ4n) is 2.14. The predicted octanol–water partition coefficient (Wildman–Crippen LogP) is 4.57. The maximum absolute atomic E-state index is 13.2. The molecule has 1 amide bonds. The molecule has 25 heavy (non-hydrogen) atoms. The van der Waals surface area contributed by atoms with Crippen LogP contribution in [0.25, 0.3) is 0 Å². The van der Waals surface area contributed by atoms with Crippen LogP contribution < -0.4 is 10.6 Å². The first-order chi connectivity index (χ1) is 12.0. The molecule has 1 heterocycles. The molecule has 126 valence electrons. The Morgan fingerprint density at radius 3 is 2.68 bits per heavy atom. The summed E-state index contributed by atoms with van der Waals surface area (Å²) < 4.78 is 13.2. The van der Waals surface area contributed by atoms with Gasteiger partial charge in [0.25, 0.3) is 5.91 Å². The van der Waals surface area contributed by atoms with Gasteiger partial charge < -0.3 is 10.6 Å². The summed E-state index contributed by atoms with van der Waals surface area (Å²) in [5, 5.41) is 6.19. The zero-order valence-corrected chi connectivity index (χ0v) is 14.0. The summed E-state index contributed by atoms with van der Waals surface area (Å²) in [5.74, 6) is -0.345. The predicted molar refractivity (Wildman–Crippen MR) is 95.9 cm³/mol. The molecule has 0 fully saturated rings. The van der Waals surface area contributed by atoms with Crippen LogP contribution in [-0.2, 0) is 0 Å². The number of benzene rings is 2. The van der Waals surface area contributed by atoms with Gasteiger partial charge in [-0.1, -0.05) is 23.7 Å². The highest BCUT2D eigenvalue weighted by Gasteiger charge is 2.10. The first kappa shape index (κ1) is 16.9. The van der Waals surface area contributed by atoms with Gasteiger partial charge in [-0.2, -0.15) is 0 Å². The molecule has 1 aromatic heterocycles. The van der Waals surface area contributed by atoms with Crippen molar-refractivity contribution >= 4 is 34.7 Å². The van der Waals surface area contributed by atoms with Gasteiger partial charge in [0.1, 0.15) is 17.3 Å². The number of anilines is 3. The third-order valence-corrected chi connectivity index (χ3v) is 3.66. The Balaban J connectivity index is 1.71. The first-order valence-electron chi connectivity index (χ1n) is 7.43. The van der Waals surface area contributed by atoms with Crippen molar-refractivity contribution < 1.29 is 9.18 Å². The number of nitrogens with zero attached hydrogens (tertiary/aromatic N) is 2. The van der Waals surface area contributed by atoms with Crippen molar-refractivity contribution in [2.24, 2.45) is 0 Å². The fourth-order valence-corrected chi connectivity index (χ4v) is 2.31. The van der Waals surface area contributed by atoms with E-state index in [1.165, 1.54) is 24.5 Å². The van der Waals surface area contributed by atoms with Gasteiger partial charge in [-0.25, -0.2) is 14.4 Å². The highest BCUT2D eigenvalue weighted by Crippen LogP contribution is 2.21. The van der Waals surface area contributed by atoms with Crippen LogP contribution in [0, 0.1) is 12.7 Å². The third kappa shape index (κ3) is 4.30. The van der Waals surface area contributed by atoms with Gasteiger partial charge in [0.05, 0.1) is 12.4 Å². The quantitative estimate of drug-likeness (QED) is 0.718. The summed E-state index contributed by atoms with van der Waals surface area (Å²) in [6.07, 6.45) is 2.75. The van der Waals surface area contributed by atoms with E-state index in [1.54, 1.807) is 24.3 Å². The van der Waals surface area contributed by atoms with E-state index < -0.39 is 5.91 Å². The lowest BCUT2D eigenvalue weighted by atomic mass is 10.2.